The van der Waals surface area contributed by atoms with E-state index in [1.165, 1.54) is 17.5 Å². The second kappa shape index (κ2) is 6.13. The summed E-state index contributed by atoms with van der Waals surface area (Å²) < 4.78 is 8.66. The highest BCUT2D eigenvalue weighted by Gasteiger charge is 2.14. The summed E-state index contributed by atoms with van der Waals surface area (Å²) in [6.07, 6.45) is 8.99. The van der Waals surface area contributed by atoms with E-state index < -0.39 is 0 Å². The van der Waals surface area contributed by atoms with Crippen molar-refractivity contribution in [1.82, 2.24) is 14.0 Å². The molecule has 0 saturated heterocycles. The smallest absolute Gasteiger partial charge is 0.298 e. The van der Waals surface area contributed by atoms with Gasteiger partial charge in [-0.15, -0.1) is 0 Å². The Labute approximate surface area is 156 Å². The summed E-state index contributed by atoms with van der Waals surface area (Å²) >= 11 is 0. The van der Waals surface area contributed by atoms with Crippen molar-refractivity contribution in [1.29, 1.82) is 0 Å². The standard InChI is InChI=1S/C22H19N3O2/c1-27-19-9-6-16(7-10-19)20-14-24-11-12-25(22(26)21(24)23-20)18-8-5-15-3-2-4-17(15)13-18/h5-14H,2-4H2,1H3. The molecule has 2 aromatic heterocycles. The Morgan fingerprint density at radius 1 is 1.00 bits per heavy atom. The summed E-state index contributed by atoms with van der Waals surface area (Å²) in [5.74, 6) is 0.793. The van der Waals surface area contributed by atoms with Crippen LogP contribution < -0.4 is 10.3 Å². The molecule has 0 amide bonds. The zero-order valence-electron chi connectivity index (χ0n) is 15.1. The van der Waals surface area contributed by atoms with E-state index in [1.54, 1.807) is 16.1 Å². The number of hydrogen-bond donors (Lipinski definition) is 0. The first-order chi connectivity index (χ1) is 13.2. The highest BCUT2D eigenvalue weighted by atomic mass is 16.5. The molecule has 5 nitrogen and oxygen atoms in total. The molecule has 4 aromatic rings. The molecule has 0 saturated carbocycles. The average Bonchev–Trinajstić information content (AvgIpc) is 3.35. The maximum atomic E-state index is 13.0. The minimum atomic E-state index is -0.116. The number of methoxy groups -OCH3 is 1. The molecule has 27 heavy (non-hydrogen) atoms. The predicted octanol–water partition coefficient (Wildman–Crippen LogP) is 3.65. The SMILES string of the molecule is COc1ccc(-c2cn3ccn(-c4ccc5c(c4)CCC5)c(=O)c3n2)cc1. The van der Waals surface area contributed by atoms with Crippen LogP contribution >= 0.6 is 0 Å². The van der Waals surface area contributed by atoms with Gasteiger partial charge < -0.3 is 9.14 Å². The van der Waals surface area contributed by atoms with E-state index in [-0.39, 0.29) is 5.56 Å². The zero-order chi connectivity index (χ0) is 18.4. The van der Waals surface area contributed by atoms with Crippen LogP contribution in [-0.4, -0.2) is 21.1 Å². The third-order valence-corrected chi connectivity index (χ3v) is 5.26. The van der Waals surface area contributed by atoms with Gasteiger partial charge in [-0.2, -0.15) is 0 Å². The maximum Gasteiger partial charge on any atom is 0.298 e. The number of benzene rings is 2. The van der Waals surface area contributed by atoms with Gasteiger partial charge in [-0.3, -0.25) is 9.36 Å². The number of rotatable bonds is 3. The van der Waals surface area contributed by atoms with E-state index in [9.17, 15) is 4.79 Å². The van der Waals surface area contributed by atoms with Crippen LogP contribution in [0.4, 0.5) is 0 Å². The van der Waals surface area contributed by atoms with Crippen molar-refractivity contribution in [3.63, 3.8) is 0 Å². The maximum absolute atomic E-state index is 13.0. The third-order valence-electron chi connectivity index (χ3n) is 5.26. The average molecular weight is 357 g/mol. The Hall–Kier alpha value is -3.34. The van der Waals surface area contributed by atoms with Gasteiger partial charge in [-0.1, -0.05) is 6.07 Å². The second-order valence-electron chi connectivity index (χ2n) is 6.87. The van der Waals surface area contributed by atoms with Gasteiger partial charge in [-0.05, 0) is 66.8 Å². The number of imidazole rings is 1. The largest absolute Gasteiger partial charge is 0.497 e. The van der Waals surface area contributed by atoms with Crippen LogP contribution in [0.2, 0.25) is 0 Å². The Morgan fingerprint density at radius 3 is 2.63 bits per heavy atom. The van der Waals surface area contributed by atoms with Crippen LogP contribution in [0.15, 0.2) is 65.8 Å². The highest BCUT2D eigenvalue weighted by molar-refractivity contribution is 5.63. The molecule has 0 bridgehead atoms. The van der Waals surface area contributed by atoms with Gasteiger partial charge in [0.2, 0.25) is 5.65 Å². The van der Waals surface area contributed by atoms with Crippen LogP contribution in [0.1, 0.15) is 17.5 Å². The van der Waals surface area contributed by atoms with E-state index in [0.29, 0.717) is 5.65 Å². The number of hydrogen-bond acceptors (Lipinski definition) is 3. The summed E-state index contributed by atoms with van der Waals surface area (Å²) in [7, 11) is 1.64. The molecule has 134 valence electrons. The number of nitrogens with zero attached hydrogens (tertiary/aromatic N) is 3. The molecule has 2 aromatic carbocycles. The molecule has 0 aliphatic heterocycles. The zero-order valence-corrected chi connectivity index (χ0v) is 15.1. The second-order valence-corrected chi connectivity index (χ2v) is 6.87. The number of aromatic nitrogens is 3. The van der Waals surface area contributed by atoms with Crippen LogP contribution in [0.3, 0.4) is 0 Å². The van der Waals surface area contributed by atoms with Gasteiger partial charge in [0, 0.05) is 29.8 Å². The van der Waals surface area contributed by atoms with Gasteiger partial charge in [-0.25, -0.2) is 4.98 Å². The number of fused-ring (bicyclic) bond motifs is 2. The number of aryl methyl sites for hydroxylation is 2. The van der Waals surface area contributed by atoms with Crippen LogP contribution in [0, 0.1) is 0 Å². The summed E-state index contributed by atoms with van der Waals surface area (Å²) in [5, 5.41) is 0. The van der Waals surface area contributed by atoms with Crippen LogP contribution in [-0.2, 0) is 12.8 Å². The first-order valence-corrected chi connectivity index (χ1v) is 9.10. The van der Waals surface area contributed by atoms with Gasteiger partial charge >= 0.3 is 0 Å². The number of ether oxygens (including phenoxy) is 1. The van der Waals surface area contributed by atoms with Gasteiger partial charge in [0.15, 0.2) is 0 Å². The van der Waals surface area contributed by atoms with Crippen molar-refractivity contribution in [3.05, 3.63) is 82.5 Å². The van der Waals surface area contributed by atoms with Gasteiger partial charge in [0.25, 0.3) is 5.56 Å². The molecule has 1 aliphatic rings. The molecule has 0 N–H and O–H groups in total. The van der Waals surface area contributed by atoms with Crippen molar-refractivity contribution < 1.29 is 4.74 Å². The molecule has 0 atom stereocenters. The monoisotopic (exact) mass is 357 g/mol. The normalized spacial score (nSPS) is 13.1. The fourth-order valence-electron chi connectivity index (χ4n) is 3.79. The van der Waals surface area contributed by atoms with Gasteiger partial charge in [0.05, 0.1) is 12.8 Å². The third kappa shape index (κ3) is 2.63. The molecule has 0 radical (unpaired) electrons. The molecule has 5 heteroatoms. The lowest BCUT2D eigenvalue weighted by atomic mass is 10.1. The molecule has 0 unspecified atom stereocenters. The fraction of sp³-hybridized carbons (Fsp3) is 0.182. The lowest BCUT2D eigenvalue weighted by molar-refractivity contribution is 0.415. The Bertz CT molecular complexity index is 1200. The minimum Gasteiger partial charge on any atom is -0.497 e. The van der Waals surface area contributed by atoms with Crippen molar-refractivity contribution in [3.8, 4) is 22.7 Å². The first-order valence-electron chi connectivity index (χ1n) is 9.10. The predicted molar refractivity (Wildman–Crippen MR) is 105 cm³/mol. The van der Waals surface area contributed by atoms with Crippen molar-refractivity contribution >= 4 is 5.65 Å². The lowest BCUT2D eigenvalue weighted by Gasteiger charge is -2.08. The molecule has 0 spiro atoms. The van der Waals surface area contributed by atoms with Crippen molar-refractivity contribution in [2.24, 2.45) is 0 Å². The molecular formula is C22H19N3O2. The Kier molecular flexibility index (Phi) is 3.60. The molecule has 2 heterocycles. The quantitative estimate of drug-likeness (QED) is 0.562. The molecule has 0 fully saturated rings. The van der Waals surface area contributed by atoms with E-state index >= 15 is 0 Å². The van der Waals surface area contributed by atoms with Crippen LogP contribution in [0.5, 0.6) is 5.75 Å². The fourth-order valence-corrected chi connectivity index (χ4v) is 3.79. The van der Waals surface area contributed by atoms with Crippen LogP contribution in [0.25, 0.3) is 22.6 Å². The lowest BCUT2D eigenvalue weighted by Crippen LogP contribution is -2.20. The van der Waals surface area contributed by atoms with Gasteiger partial charge in [0.1, 0.15) is 5.75 Å². The molecular weight excluding hydrogens is 338 g/mol. The summed E-state index contributed by atoms with van der Waals surface area (Å²) in [4.78, 5) is 17.6. The summed E-state index contributed by atoms with van der Waals surface area (Å²) in [6, 6.07) is 14.0. The first kappa shape index (κ1) is 15.9. The van der Waals surface area contributed by atoms with Crippen molar-refractivity contribution in [2.75, 3.05) is 7.11 Å². The van der Waals surface area contributed by atoms with E-state index in [2.05, 4.69) is 17.1 Å². The highest BCUT2D eigenvalue weighted by Crippen LogP contribution is 2.24. The van der Waals surface area contributed by atoms with E-state index in [4.69, 9.17) is 4.74 Å². The van der Waals surface area contributed by atoms with E-state index in [0.717, 1.165) is 35.5 Å². The molecule has 1 aliphatic carbocycles. The summed E-state index contributed by atoms with van der Waals surface area (Å²) in [5.41, 5.74) is 5.66. The summed E-state index contributed by atoms with van der Waals surface area (Å²) in [6.45, 7) is 0. The minimum absolute atomic E-state index is 0.116. The topological polar surface area (TPSA) is 48.5 Å². The Morgan fingerprint density at radius 2 is 1.81 bits per heavy atom. The Balaban J connectivity index is 1.60. The van der Waals surface area contributed by atoms with E-state index in [1.807, 2.05) is 48.9 Å². The molecule has 5 rings (SSSR count). The van der Waals surface area contributed by atoms with Crippen molar-refractivity contribution in [2.45, 2.75) is 19.3 Å².